The van der Waals surface area contributed by atoms with Crippen molar-refractivity contribution in [1.82, 2.24) is 14.8 Å². The summed E-state index contributed by atoms with van der Waals surface area (Å²) in [5, 5.41) is 10.5. The van der Waals surface area contributed by atoms with E-state index in [1.165, 1.54) is 23.4 Å². The van der Waals surface area contributed by atoms with Crippen LogP contribution in [0.1, 0.15) is 39.7 Å². The SMILES string of the molecule is CCc1c(C#N)cnc(C)c1C(=O)ON1CC(C(=O)NS(=O)(=O)c2cccc(C)c2)C1. The van der Waals surface area contributed by atoms with E-state index < -0.39 is 27.8 Å². The van der Waals surface area contributed by atoms with Gasteiger partial charge in [0.15, 0.2) is 0 Å². The Hall–Kier alpha value is -3.29. The van der Waals surface area contributed by atoms with Crippen molar-refractivity contribution in [3.63, 3.8) is 0 Å². The summed E-state index contributed by atoms with van der Waals surface area (Å²) in [7, 11) is -3.97. The topological polar surface area (TPSA) is 129 Å². The molecule has 0 radical (unpaired) electrons. The minimum atomic E-state index is -3.97. The van der Waals surface area contributed by atoms with Crippen molar-refractivity contribution in [2.24, 2.45) is 5.92 Å². The van der Waals surface area contributed by atoms with Gasteiger partial charge in [-0.05, 0) is 43.5 Å². The molecule has 0 bridgehead atoms. The molecular weight excluding hydrogens is 420 g/mol. The number of amides is 1. The number of carbonyl (C=O) groups excluding carboxylic acids is 2. The second-order valence-corrected chi connectivity index (χ2v) is 8.97. The number of hydrogen-bond acceptors (Lipinski definition) is 8. The maximum absolute atomic E-state index is 12.6. The molecule has 2 aromatic rings. The predicted octanol–water partition coefficient (Wildman–Crippen LogP) is 1.64. The van der Waals surface area contributed by atoms with Gasteiger partial charge in [-0.3, -0.25) is 9.78 Å². The summed E-state index contributed by atoms with van der Waals surface area (Å²) in [6.07, 6.45) is 1.88. The molecule has 162 valence electrons. The van der Waals surface area contributed by atoms with Crippen LogP contribution in [0.15, 0.2) is 35.4 Å². The first-order chi connectivity index (χ1) is 14.7. The van der Waals surface area contributed by atoms with Gasteiger partial charge in [-0.15, -0.1) is 5.06 Å². The number of hydroxylamine groups is 2. The molecule has 1 aliphatic rings. The summed E-state index contributed by atoms with van der Waals surface area (Å²) in [5.74, 6) is -1.96. The van der Waals surface area contributed by atoms with Gasteiger partial charge in [0.25, 0.3) is 10.0 Å². The summed E-state index contributed by atoms with van der Waals surface area (Å²) in [6, 6.07) is 8.26. The van der Waals surface area contributed by atoms with Crippen LogP contribution in [0.2, 0.25) is 0 Å². The average Bonchev–Trinajstić information content (AvgIpc) is 2.69. The molecule has 1 aliphatic heterocycles. The number of carbonyl (C=O) groups is 2. The number of nitrogens with one attached hydrogen (secondary N) is 1. The summed E-state index contributed by atoms with van der Waals surface area (Å²) < 4.78 is 26.8. The largest absolute Gasteiger partial charge is 0.364 e. The van der Waals surface area contributed by atoms with E-state index >= 15 is 0 Å². The third kappa shape index (κ3) is 4.73. The Labute approximate surface area is 180 Å². The number of aryl methyl sites for hydroxylation is 2. The van der Waals surface area contributed by atoms with Crippen molar-refractivity contribution in [2.75, 3.05) is 13.1 Å². The highest BCUT2D eigenvalue weighted by Crippen LogP contribution is 2.23. The van der Waals surface area contributed by atoms with Gasteiger partial charge in [0.2, 0.25) is 5.91 Å². The van der Waals surface area contributed by atoms with Gasteiger partial charge in [0.05, 0.1) is 27.6 Å². The van der Waals surface area contributed by atoms with Gasteiger partial charge in [-0.1, -0.05) is 19.1 Å². The van der Waals surface area contributed by atoms with Crippen LogP contribution in [0.5, 0.6) is 0 Å². The van der Waals surface area contributed by atoms with Crippen LogP contribution in [0.25, 0.3) is 0 Å². The first-order valence-electron chi connectivity index (χ1n) is 9.65. The van der Waals surface area contributed by atoms with Gasteiger partial charge < -0.3 is 4.84 Å². The molecule has 0 spiro atoms. The van der Waals surface area contributed by atoms with Crippen LogP contribution >= 0.6 is 0 Å². The van der Waals surface area contributed by atoms with Gasteiger partial charge in [0, 0.05) is 19.3 Å². The number of rotatable bonds is 6. The van der Waals surface area contributed by atoms with Crippen molar-refractivity contribution in [3.8, 4) is 6.07 Å². The molecule has 1 aromatic heterocycles. The number of nitriles is 1. The molecule has 1 fully saturated rings. The fourth-order valence-corrected chi connectivity index (χ4v) is 4.44. The highest BCUT2D eigenvalue weighted by molar-refractivity contribution is 7.90. The van der Waals surface area contributed by atoms with Crippen molar-refractivity contribution < 1.29 is 22.8 Å². The highest BCUT2D eigenvalue weighted by atomic mass is 32.2. The van der Waals surface area contributed by atoms with Gasteiger partial charge >= 0.3 is 5.97 Å². The molecular formula is C21H22N4O5S. The standard InChI is InChI=1S/C21H22N4O5S/c1-4-18-15(9-22)10-23-14(3)19(18)21(27)30-25-11-16(12-25)20(26)24-31(28,29)17-7-5-6-13(2)8-17/h5-8,10,16H,4,11-12H2,1-3H3,(H,24,26). The lowest BCUT2D eigenvalue weighted by atomic mass is 10.00. The Balaban J connectivity index is 1.62. The number of nitrogens with zero attached hydrogens (tertiary/aromatic N) is 3. The van der Waals surface area contributed by atoms with E-state index in [2.05, 4.69) is 9.71 Å². The molecule has 10 heteroatoms. The van der Waals surface area contributed by atoms with Crippen molar-refractivity contribution in [3.05, 3.63) is 58.4 Å². The Morgan fingerprint density at radius 1 is 1.32 bits per heavy atom. The molecule has 1 N–H and O–H groups in total. The normalized spacial score (nSPS) is 14.4. The van der Waals surface area contributed by atoms with E-state index in [1.807, 2.05) is 13.0 Å². The minimum absolute atomic E-state index is 0.0101. The second-order valence-electron chi connectivity index (χ2n) is 7.29. The fraction of sp³-hybridized carbons (Fsp3) is 0.333. The molecule has 0 atom stereocenters. The third-order valence-corrected chi connectivity index (χ3v) is 6.36. The van der Waals surface area contributed by atoms with Crippen LogP contribution in [0, 0.1) is 31.1 Å². The van der Waals surface area contributed by atoms with E-state index in [0.717, 1.165) is 5.56 Å². The van der Waals surface area contributed by atoms with E-state index in [1.54, 1.807) is 26.0 Å². The summed E-state index contributed by atoms with van der Waals surface area (Å²) in [5.41, 5.74) is 2.30. The zero-order valence-electron chi connectivity index (χ0n) is 17.4. The Morgan fingerprint density at radius 2 is 2.03 bits per heavy atom. The predicted molar refractivity (Wildman–Crippen MR) is 110 cm³/mol. The van der Waals surface area contributed by atoms with Gasteiger partial charge in [-0.2, -0.15) is 5.26 Å². The lowest BCUT2D eigenvalue weighted by molar-refractivity contribution is -0.180. The number of benzene rings is 1. The average molecular weight is 442 g/mol. The highest BCUT2D eigenvalue weighted by Gasteiger charge is 2.38. The Kier molecular flexibility index (Phi) is 6.38. The third-order valence-electron chi connectivity index (χ3n) is 5.02. The smallest absolute Gasteiger partial charge is 0.359 e. The van der Waals surface area contributed by atoms with E-state index in [-0.39, 0.29) is 23.5 Å². The van der Waals surface area contributed by atoms with Gasteiger partial charge in [-0.25, -0.2) is 17.9 Å². The monoisotopic (exact) mass is 442 g/mol. The number of hydrogen-bond donors (Lipinski definition) is 1. The summed E-state index contributed by atoms with van der Waals surface area (Å²) >= 11 is 0. The van der Waals surface area contributed by atoms with E-state index in [4.69, 9.17) is 4.84 Å². The van der Waals surface area contributed by atoms with Crippen LogP contribution in [-0.2, 0) is 26.1 Å². The minimum Gasteiger partial charge on any atom is -0.364 e. The zero-order chi connectivity index (χ0) is 22.8. The number of aromatic nitrogens is 1. The zero-order valence-corrected chi connectivity index (χ0v) is 18.2. The van der Waals surface area contributed by atoms with Crippen LogP contribution in [-0.4, -0.2) is 43.4 Å². The first kappa shape index (κ1) is 22.4. The molecule has 1 aromatic carbocycles. The Morgan fingerprint density at radius 3 is 2.65 bits per heavy atom. The summed E-state index contributed by atoms with van der Waals surface area (Å²) in [4.78, 5) is 34.4. The molecule has 1 amide bonds. The van der Waals surface area contributed by atoms with Crippen molar-refractivity contribution in [1.29, 1.82) is 5.26 Å². The van der Waals surface area contributed by atoms with E-state index in [9.17, 15) is 23.3 Å². The molecule has 3 rings (SSSR count). The molecule has 31 heavy (non-hydrogen) atoms. The van der Waals surface area contributed by atoms with Crippen molar-refractivity contribution >= 4 is 21.9 Å². The van der Waals surface area contributed by atoms with Gasteiger partial charge in [0.1, 0.15) is 6.07 Å². The molecule has 1 saturated heterocycles. The molecule has 0 aliphatic carbocycles. The maximum atomic E-state index is 12.6. The lowest BCUT2D eigenvalue weighted by Gasteiger charge is -2.35. The maximum Gasteiger partial charge on any atom is 0.359 e. The lowest BCUT2D eigenvalue weighted by Crippen LogP contribution is -2.54. The number of pyridine rings is 1. The molecule has 2 heterocycles. The molecule has 9 nitrogen and oxygen atoms in total. The van der Waals surface area contributed by atoms with Crippen LogP contribution in [0.4, 0.5) is 0 Å². The Bertz CT molecular complexity index is 1180. The fourth-order valence-electron chi connectivity index (χ4n) is 3.29. The van der Waals surface area contributed by atoms with Crippen LogP contribution < -0.4 is 4.72 Å². The van der Waals surface area contributed by atoms with Crippen LogP contribution in [0.3, 0.4) is 0 Å². The number of sulfonamides is 1. The molecule has 0 saturated carbocycles. The second kappa shape index (κ2) is 8.83. The quantitative estimate of drug-likeness (QED) is 0.715. The first-order valence-corrected chi connectivity index (χ1v) is 11.1. The summed E-state index contributed by atoms with van der Waals surface area (Å²) in [6.45, 7) is 5.36. The van der Waals surface area contributed by atoms with E-state index in [0.29, 0.717) is 23.2 Å². The molecule has 0 unspecified atom stereocenters. The van der Waals surface area contributed by atoms with Crippen molar-refractivity contribution in [2.45, 2.75) is 32.1 Å².